The summed E-state index contributed by atoms with van der Waals surface area (Å²) in [5, 5.41) is 6.04. The Morgan fingerprint density at radius 3 is 2.43 bits per heavy atom. The van der Waals surface area contributed by atoms with E-state index in [-0.39, 0.29) is 17.1 Å². The number of hydrogen-bond acceptors (Lipinski definition) is 5. The maximum atomic E-state index is 12.4. The first-order chi connectivity index (χ1) is 14.5. The Balaban J connectivity index is 1.48. The first kappa shape index (κ1) is 22.2. The van der Waals surface area contributed by atoms with Crippen LogP contribution in [0.5, 0.6) is 5.75 Å². The van der Waals surface area contributed by atoms with Crippen molar-refractivity contribution >= 4 is 28.9 Å². The van der Waals surface area contributed by atoms with Gasteiger partial charge < -0.3 is 14.8 Å². The van der Waals surface area contributed by atoms with E-state index in [0.29, 0.717) is 5.56 Å². The highest BCUT2D eigenvalue weighted by molar-refractivity contribution is 7.80. The maximum absolute atomic E-state index is 12.4. The van der Waals surface area contributed by atoms with Gasteiger partial charge in [-0.05, 0) is 67.5 Å². The van der Waals surface area contributed by atoms with Gasteiger partial charge in [0.1, 0.15) is 5.75 Å². The van der Waals surface area contributed by atoms with Gasteiger partial charge in [0.05, 0.1) is 19.3 Å². The first-order valence-electron chi connectivity index (χ1n) is 10.3. The molecule has 3 rings (SSSR count). The summed E-state index contributed by atoms with van der Waals surface area (Å²) in [5.41, 5.74) is 2.59. The van der Waals surface area contributed by atoms with Gasteiger partial charge in [-0.3, -0.25) is 15.0 Å². The number of nitrogens with zero attached hydrogens (tertiary/aromatic N) is 1. The molecule has 2 aromatic rings. The van der Waals surface area contributed by atoms with Crippen molar-refractivity contribution in [1.82, 2.24) is 10.2 Å². The second-order valence-corrected chi connectivity index (χ2v) is 7.76. The average Bonchev–Trinajstić information content (AvgIpc) is 2.76. The van der Waals surface area contributed by atoms with Crippen molar-refractivity contribution in [2.45, 2.75) is 32.9 Å². The van der Waals surface area contributed by atoms with Crippen LogP contribution in [0.15, 0.2) is 48.5 Å². The fraction of sp³-hybridized carbons (Fsp3) is 0.391. The lowest BCUT2D eigenvalue weighted by atomic mass is 10.2. The van der Waals surface area contributed by atoms with E-state index < -0.39 is 0 Å². The topological polar surface area (TPSA) is 62.8 Å². The molecule has 160 valence electrons. The molecule has 1 heterocycles. The summed E-state index contributed by atoms with van der Waals surface area (Å²) in [5.74, 6) is 0.491. The zero-order chi connectivity index (χ0) is 21.3. The largest absolute Gasteiger partial charge is 0.491 e. The number of carbonyl (C=O) groups excluding carboxylic acids is 1. The van der Waals surface area contributed by atoms with E-state index in [1.807, 2.05) is 19.1 Å². The highest BCUT2D eigenvalue weighted by Gasteiger charge is 2.11. The SMILES string of the molecule is CC[C@H](C)Oc1ccc(C(=O)NC(=S)Nc2ccc(CN3CCOCC3)cc2)cc1. The Morgan fingerprint density at radius 1 is 1.13 bits per heavy atom. The fourth-order valence-electron chi connectivity index (χ4n) is 3.05. The number of morpholine rings is 1. The molecule has 1 amide bonds. The van der Waals surface area contributed by atoms with Crippen molar-refractivity contribution in [2.24, 2.45) is 0 Å². The van der Waals surface area contributed by atoms with Gasteiger partial charge in [0.2, 0.25) is 0 Å². The van der Waals surface area contributed by atoms with E-state index in [1.54, 1.807) is 24.3 Å². The van der Waals surface area contributed by atoms with Crippen molar-refractivity contribution in [3.8, 4) is 5.75 Å². The Hall–Kier alpha value is -2.48. The van der Waals surface area contributed by atoms with Crippen LogP contribution in [-0.4, -0.2) is 48.3 Å². The van der Waals surface area contributed by atoms with Gasteiger partial charge in [0, 0.05) is 30.9 Å². The van der Waals surface area contributed by atoms with Crippen molar-refractivity contribution in [1.29, 1.82) is 0 Å². The maximum Gasteiger partial charge on any atom is 0.257 e. The van der Waals surface area contributed by atoms with Crippen LogP contribution in [0.4, 0.5) is 5.69 Å². The van der Waals surface area contributed by atoms with E-state index in [4.69, 9.17) is 21.7 Å². The van der Waals surface area contributed by atoms with Gasteiger partial charge in [-0.15, -0.1) is 0 Å². The van der Waals surface area contributed by atoms with Crippen LogP contribution in [0.2, 0.25) is 0 Å². The molecule has 1 atom stereocenters. The normalized spacial score (nSPS) is 15.3. The molecule has 6 nitrogen and oxygen atoms in total. The third kappa shape index (κ3) is 6.79. The molecule has 2 aromatic carbocycles. The Bertz CT molecular complexity index is 834. The fourth-order valence-corrected chi connectivity index (χ4v) is 3.26. The van der Waals surface area contributed by atoms with Gasteiger partial charge in [-0.2, -0.15) is 0 Å². The predicted octanol–water partition coefficient (Wildman–Crippen LogP) is 3.82. The zero-order valence-corrected chi connectivity index (χ0v) is 18.3. The Kier molecular flexibility index (Phi) is 8.19. The molecule has 2 N–H and O–H groups in total. The van der Waals surface area contributed by atoms with Crippen molar-refractivity contribution in [2.75, 3.05) is 31.6 Å². The number of benzene rings is 2. The molecule has 1 saturated heterocycles. The number of thiocarbonyl (C=S) groups is 1. The Morgan fingerprint density at radius 2 is 1.80 bits per heavy atom. The highest BCUT2D eigenvalue weighted by atomic mass is 32.1. The summed E-state index contributed by atoms with van der Waals surface area (Å²) in [7, 11) is 0. The summed E-state index contributed by atoms with van der Waals surface area (Å²) in [6.45, 7) is 8.49. The number of amides is 1. The summed E-state index contributed by atoms with van der Waals surface area (Å²) < 4.78 is 11.1. The smallest absolute Gasteiger partial charge is 0.257 e. The van der Waals surface area contributed by atoms with Crippen LogP contribution in [0.3, 0.4) is 0 Å². The quantitative estimate of drug-likeness (QED) is 0.655. The van der Waals surface area contributed by atoms with E-state index in [0.717, 1.165) is 50.7 Å². The van der Waals surface area contributed by atoms with Gasteiger partial charge in [-0.25, -0.2) is 0 Å². The molecular weight excluding hydrogens is 398 g/mol. The summed E-state index contributed by atoms with van der Waals surface area (Å²) in [6, 6.07) is 15.1. The zero-order valence-electron chi connectivity index (χ0n) is 17.5. The van der Waals surface area contributed by atoms with Crippen LogP contribution < -0.4 is 15.4 Å². The first-order valence-corrected chi connectivity index (χ1v) is 10.7. The molecule has 0 saturated carbocycles. The van der Waals surface area contributed by atoms with Crippen molar-refractivity contribution < 1.29 is 14.3 Å². The summed E-state index contributed by atoms with van der Waals surface area (Å²) in [4.78, 5) is 14.8. The predicted molar refractivity (Wildman–Crippen MR) is 123 cm³/mol. The number of ether oxygens (including phenoxy) is 2. The third-order valence-electron chi connectivity index (χ3n) is 4.98. The van der Waals surface area contributed by atoms with Crippen LogP contribution in [0, 0.1) is 0 Å². The number of anilines is 1. The summed E-state index contributed by atoms with van der Waals surface area (Å²) >= 11 is 5.28. The number of hydrogen-bond donors (Lipinski definition) is 2. The van der Waals surface area contributed by atoms with E-state index in [2.05, 4.69) is 34.6 Å². The lowest BCUT2D eigenvalue weighted by molar-refractivity contribution is 0.0342. The van der Waals surface area contributed by atoms with Crippen molar-refractivity contribution in [3.63, 3.8) is 0 Å². The van der Waals surface area contributed by atoms with Crippen LogP contribution in [0.25, 0.3) is 0 Å². The monoisotopic (exact) mass is 427 g/mol. The number of carbonyl (C=O) groups is 1. The lowest BCUT2D eigenvalue weighted by Crippen LogP contribution is -2.35. The minimum Gasteiger partial charge on any atom is -0.491 e. The standard InChI is InChI=1S/C23H29N3O3S/c1-3-17(2)29-21-10-6-19(7-11-21)22(27)25-23(30)24-20-8-4-18(5-9-20)16-26-12-14-28-15-13-26/h4-11,17H,3,12-16H2,1-2H3,(H2,24,25,27,30)/t17-/m0/s1. The van der Waals surface area contributed by atoms with Gasteiger partial charge in [0.25, 0.3) is 5.91 Å². The molecule has 0 unspecified atom stereocenters. The van der Waals surface area contributed by atoms with Crippen LogP contribution >= 0.6 is 12.2 Å². The van der Waals surface area contributed by atoms with E-state index in [9.17, 15) is 4.79 Å². The minimum atomic E-state index is -0.258. The van der Waals surface area contributed by atoms with Gasteiger partial charge >= 0.3 is 0 Å². The summed E-state index contributed by atoms with van der Waals surface area (Å²) in [6.07, 6.45) is 1.07. The molecule has 0 aliphatic carbocycles. The van der Waals surface area contributed by atoms with Crippen LogP contribution in [0.1, 0.15) is 36.2 Å². The number of nitrogens with one attached hydrogen (secondary N) is 2. The molecule has 30 heavy (non-hydrogen) atoms. The molecule has 1 aliphatic heterocycles. The molecule has 7 heteroatoms. The second-order valence-electron chi connectivity index (χ2n) is 7.35. The molecule has 0 spiro atoms. The molecule has 1 fully saturated rings. The Labute approximate surface area is 183 Å². The molecular formula is C23H29N3O3S. The third-order valence-corrected chi connectivity index (χ3v) is 5.18. The average molecular weight is 428 g/mol. The van der Waals surface area contributed by atoms with E-state index >= 15 is 0 Å². The van der Waals surface area contributed by atoms with E-state index in [1.165, 1.54) is 5.56 Å². The van der Waals surface area contributed by atoms with Crippen LogP contribution in [-0.2, 0) is 11.3 Å². The molecule has 0 aromatic heterocycles. The molecule has 0 bridgehead atoms. The minimum absolute atomic E-state index is 0.140. The second kappa shape index (κ2) is 11.1. The number of rotatable bonds is 7. The molecule has 1 aliphatic rings. The lowest BCUT2D eigenvalue weighted by Gasteiger charge is -2.26. The van der Waals surface area contributed by atoms with Gasteiger partial charge in [-0.1, -0.05) is 19.1 Å². The molecule has 0 radical (unpaired) electrons. The van der Waals surface area contributed by atoms with Gasteiger partial charge in [0.15, 0.2) is 5.11 Å². The van der Waals surface area contributed by atoms with Crippen molar-refractivity contribution in [3.05, 3.63) is 59.7 Å². The highest BCUT2D eigenvalue weighted by Crippen LogP contribution is 2.15.